The minimum Gasteiger partial charge on any atom is -0.456 e. The number of esters is 1. The van der Waals surface area contributed by atoms with E-state index in [4.69, 9.17) is 16.3 Å². The molecule has 1 aliphatic carbocycles. The van der Waals surface area contributed by atoms with Gasteiger partial charge in [-0.05, 0) is 24.0 Å². The number of benzene rings is 1. The van der Waals surface area contributed by atoms with E-state index in [1.807, 2.05) is 37.3 Å². The lowest BCUT2D eigenvalue weighted by Gasteiger charge is -2.34. The van der Waals surface area contributed by atoms with Crippen LogP contribution in [0.15, 0.2) is 35.9 Å². The largest absolute Gasteiger partial charge is 0.456 e. The zero-order valence-electron chi connectivity index (χ0n) is 10.4. The van der Waals surface area contributed by atoms with Gasteiger partial charge >= 0.3 is 5.97 Å². The molecule has 0 amide bonds. The Morgan fingerprint density at radius 1 is 1.44 bits per heavy atom. The van der Waals surface area contributed by atoms with Gasteiger partial charge in [0.05, 0.1) is 5.38 Å². The molecule has 1 fully saturated rings. The Kier molecular flexibility index (Phi) is 4.43. The van der Waals surface area contributed by atoms with Crippen molar-refractivity contribution in [1.29, 1.82) is 0 Å². The highest BCUT2D eigenvalue weighted by Gasteiger charge is 2.37. The molecular weight excluding hydrogens is 248 g/mol. The summed E-state index contributed by atoms with van der Waals surface area (Å²) < 4.78 is 5.38. The van der Waals surface area contributed by atoms with E-state index in [-0.39, 0.29) is 17.5 Å². The Morgan fingerprint density at radius 2 is 2.17 bits per heavy atom. The Labute approximate surface area is 113 Å². The van der Waals surface area contributed by atoms with Gasteiger partial charge in [0.1, 0.15) is 6.10 Å². The van der Waals surface area contributed by atoms with Gasteiger partial charge in [-0.3, -0.25) is 4.79 Å². The molecule has 0 unspecified atom stereocenters. The second-order valence-corrected chi connectivity index (χ2v) is 5.07. The molecule has 2 atom stereocenters. The van der Waals surface area contributed by atoms with E-state index >= 15 is 0 Å². The topological polar surface area (TPSA) is 26.3 Å². The molecule has 0 N–H and O–H groups in total. The summed E-state index contributed by atoms with van der Waals surface area (Å²) in [5.74, 6) is -0.160. The fraction of sp³-hybridized carbons (Fsp3) is 0.400. The minimum absolute atomic E-state index is 0.0826. The van der Waals surface area contributed by atoms with Gasteiger partial charge in [0, 0.05) is 6.42 Å². The molecule has 0 aliphatic heterocycles. The zero-order chi connectivity index (χ0) is 13.0. The van der Waals surface area contributed by atoms with Crippen molar-refractivity contribution in [2.45, 2.75) is 37.7 Å². The molecule has 0 aromatic heterocycles. The van der Waals surface area contributed by atoms with Crippen LogP contribution in [0.1, 0.15) is 31.7 Å². The summed E-state index contributed by atoms with van der Waals surface area (Å²) in [6.07, 6.45) is 3.86. The van der Waals surface area contributed by atoms with E-state index in [0.29, 0.717) is 6.42 Å². The van der Waals surface area contributed by atoms with Crippen LogP contribution in [-0.2, 0) is 9.53 Å². The lowest BCUT2D eigenvalue weighted by atomic mass is 9.86. The molecule has 1 saturated carbocycles. The molecule has 0 bridgehead atoms. The van der Waals surface area contributed by atoms with E-state index in [0.717, 1.165) is 24.0 Å². The Bertz CT molecular complexity index is 439. The van der Waals surface area contributed by atoms with E-state index in [1.165, 1.54) is 0 Å². The normalized spacial score (nSPS) is 24.7. The summed E-state index contributed by atoms with van der Waals surface area (Å²) in [5.41, 5.74) is 2.22. The molecule has 0 saturated heterocycles. The molecule has 0 radical (unpaired) electrons. The van der Waals surface area contributed by atoms with Crippen molar-refractivity contribution in [3.05, 3.63) is 41.5 Å². The van der Waals surface area contributed by atoms with E-state index < -0.39 is 0 Å². The quantitative estimate of drug-likeness (QED) is 0.611. The number of halogens is 1. The van der Waals surface area contributed by atoms with Crippen LogP contribution in [0, 0.1) is 0 Å². The number of carbonyl (C=O) groups excluding carboxylic acids is 1. The fourth-order valence-electron chi connectivity index (χ4n) is 1.98. The van der Waals surface area contributed by atoms with Gasteiger partial charge in [0.25, 0.3) is 0 Å². The van der Waals surface area contributed by atoms with Crippen molar-refractivity contribution in [1.82, 2.24) is 0 Å². The average molecular weight is 265 g/mol. The molecule has 2 nitrogen and oxygen atoms in total. The molecule has 1 aliphatic rings. The van der Waals surface area contributed by atoms with Gasteiger partial charge in [-0.15, -0.1) is 11.6 Å². The number of hydrogen-bond donors (Lipinski definition) is 0. The molecular formula is C15H17ClO2. The van der Waals surface area contributed by atoms with Gasteiger partial charge in [0.15, 0.2) is 0 Å². The van der Waals surface area contributed by atoms with Gasteiger partial charge in [0.2, 0.25) is 0 Å². The lowest BCUT2D eigenvalue weighted by Crippen LogP contribution is -2.39. The number of carbonyl (C=O) groups is 1. The second kappa shape index (κ2) is 6.05. The average Bonchev–Trinajstić information content (AvgIpc) is 2.37. The standard InChI is InChI=1S/C15H17ClO2/c1-2-6-14(17)18-15-12(10-13(15)16)9-11-7-4-3-5-8-11/h3-5,7-9,13,15H,2,6,10H2,1H3/b12-9+/t13-,15-/m0/s1. The van der Waals surface area contributed by atoms with Crippen molar-refractivity contribution in [3.63, 3.8) is 0 Å². The maximum absolute atomic E-state index is 11.5. The highest BCUT2D eigenvalue weighted by Crippen LogP contribution is 2.36. The van der Waals surface area contributed by atoms with Crippen LogP contribution in [0.25, 0.3) is 6.08 Å². The van der Waals surface area contributed by atoms with E-state index in [9.17, 15) is 4.79 Å². The highest BCUT2D eigenvalue weighted by atomic mass is 35.5. The number of rotatable bonds is 4. The number of ether oxygens (including phenoxy) is 1. The number of alkyl halides is 1. The van der Waals surface area contributed by atoms with Crippen molar-refractivity contribution in [3.8, 4) is 0 Å². The predicted molar refractivity (Wildman–Crippen MR) is 73.5 cm³/mol. The maximum Gasteiger partial charge on any atom is 0.306 e. The lowest BCUT2D eigenvalue weighted by molar-refractivity contribution is -0.149. The van der Waals surface area contributed by atoms with Gasteiger partial charge in [-0.25, -0.2) is 0 Å². The second-order valence-electron chi connectivity index (χ2n) is 4.51. The molecule has 2 rings (SSSR count). The maximum atomic E-state index is 11.5. The summed E-state index contributed by atoms with van der Waals surface area (Å²) in [6, 6.07) is 10.0. The predicted octanol–water partition coefficient (Wildman–Crippen LogP) is 3.79. The molecule has 18 heavy (non-hydrogen) atoms. The monoisotopic (exact) mass is 264 g/mol. The van der Waals surface area contributed by atoms with Crippen LogP contribution >= 0.6 is 11.6 Å². The zero-order valence-corrected chi connectivity index (χ0v) is 11.2. The van der Waals surface area contributed by atoms with Gasteiger partial charge in [-0.2, -0.15) is 0 Å². The third-order valence-corrected chi connectivity index (χ3v) is 3.37. The van der Waals surface area contributed by atoms with Crippen LogP contribution in [0.2, 0.25) is 0 Å². The fourth-order valence-corrected chi connectivity index (χ4v) is 2.37. The third kappa shape index (κ3) is 3.14. The summed E-state index contributed by atoms with van der Waals surface area (Å²) in [5, 5.41) is -0.0826. The minimum atomic E-state index is -0.245. The highest BCUT2D eigenvalue weighted by molar-refractivity contribution is 6.22. The van der Waals surface area contributed by atoms with Crippen molar-refractivity contribution >= 4 is 23.6 Å². The number of hydrogen-bond acceptors (Lipinski definition) is 2. The van der Waals surface area contributed by atoms with Crippen molar-refractivity contribution in [2.75, 3.05) is 0 Å². The summed E-state index contributed by atoms with van der Waals surface area (Å²) in [6.45, 7) is 1.96. The van der Waals surface area contributed by atoms with Crippen LogP contribution in [-0.4, -0.2) is 17.5 Å². The Hall–Kier alpha value is -1.28. The summed E-state index contributed by atoms with van der Waals surface area (Å²) >= 11 is 6.10. The summed E-state index contributed by atoms with van der Waals surface area (Å²) in [4.78, 5) is 11.5. The van der Waals surface area contributed by atoms with Crippen LogP contribution in [0.4, 0.5) is 0 Å². The first-order valence-corrected chi connectivity index (χ1v) is 6.73. The summed E-state index contributed by atoms with van der Waals surface area (Å²) in [7, 11) is 0. The van der Waals surface area contributed by atoms with Crippen LogP contribution in [0.5, 0.6) is 0 Å². The third-order valence-electron chi connectivity index (χ3n) is 2.99. The SMILES string of the molecule is CCCC(=O)O[C@H]1/C(=C/c2ccccc2)C[C@@H]1Cl. The first kappa shape index (κ1) is 13.2. The molecule has 0 spiro atoms. The Morgan fingerprint density at radius 3 is 2.78 bits per heavy atom. The van der Waals surface area contributed by atoms with Gasteiger partial charge in [-0.1, -0.05) is 43.3 Å². The molecule has 96 valence electrons. The molecule has 1 aromatic carbocycles. The molecule has 0 heterocycles. The first-order valence-electron chi connectivity index (χ1n) is 6.29. The molecule has 1 aromatic rings. The van der Waals surface area contributed by atoms with E-state index in [2.05, 4.69) is 6.08 Å². The van der Waals surface area contributed by atoms with Crippen molar-refractivity contribution in [2.24, 2.45) is 0 Å². The molecule has 3 heteroatoms. The first-order chi connectivity index (χ1) is 8.70. The van der Waals surface area contributed by atoms with Crippen LogP contribution in [0.3, 0.4) is 0 Å². The van der Waals surface area contributed by atoms with Crippen molar-refractivity contribution < 1.29 is 9.53 Å². The Balaban J connectivity index is 2.02. The smallest absolute Gasteiger partial charge is 0.306 e. The van der Waals surface area contributed by atoms with Gasteiger partial charge < -0.3 is 4.74 Å². The van der Waals surface area contributed by atoms with Crippen LogP contribution < -0.4 is 0 Å². The van der Waals surface area contributed by atoms with E-state index in [1.54, 1.807) is 0 Å².